The molecule has 3 heteroatoms. The Morgan fingerprint density at radius 3 is 1.71 bits per heavy atom. The predicted octanol–water partition coefficient (Wildman–Crippen LogP) is 18.0. The maximum absolute atomic E-state index is 2.56. The van der Waals surface area contributed by atoms with E-state index in [2.05, 4.69) is 258 Å². The molecule has 3 heterocycles. The number of rotatable bonds is 6. The molecule has 0 unspecified atom stereocenters. The van der Waals surface area contributed by atoms with Crippen LogP contribution in [0, 0.1) is 0 Å². The number of fused-ring (bicyclic) bond motifs is 19. The predicted molar refractivity (Wildman–Crippen MR) is 303 cm³/mol. The number of hydrogen-bond donors (Lipinski definition) is 0. The van der Waals surface area contributed by atoms with Crippen molar-refractivity contribution >= 4 is 75.1 Å². The molecule has 2 aliphatic carbocycles. The van der Waals surface area contributed by atoms with Crippen molar-refractivity contribution < 1.29 is 0 Å². The van der Waals surface area contributed by atoms with Gasteiger partial charge in [0, 0.05) is 59.0 Å². The molecule has 1 spiro atoms. The van der Waals surface area contributed by atoms with Crippen molar-refractivity contribution in [2.45, 2.75) is 17.8 Å². The summed E-state index contributed by atoms with van der Waals surface area (Å²) in [5, 5.41) is 7.69. The van der Waals surface area contributed by atoms with Crippen molar-refractivity contribution in [1.82, 2.24) is 9.13 Å². The second-order valence-corrected chi connectivity index (χ2v) is 20.9. The van der Waals surface area contributed by atoms with Gasteiger partial charge >= 0.3 is 0 Å². The molecule has 0 N–H and O–H groups in total. The summed E-state index contributed by atoms with van der Waals surface area (Å²) in [6.07, 6.45) is 0.785. The van der Waals surface area contributed by atoms with Crippen LogP contribution in [0.5, 0.6) is 0 Å². The molecule has 0 saturated heterocycles. The first-order valence-corrected chi connectivity index (χ1v) is 26.0. The first kappa shape index (κ1) is 40.0. The summed E-state index contributed by atoms with van der Waals surface area (Å²) >= 11 is 1.88. The average molecular weight is 933 g/mol. The van der Waals surface area contributed by atoms with E-state index in [-0.39, 0.29) is 5.92 Å². The molecule has 16 rings (SSSR count). The Hall–Kier alpha value is -8.76. The average Bonchev–Trinajstić information content (AvgIpc) is 4.24. The maximum atomic E-state index is 2.56. The summed E-state index contributed by atoms with van der Waals surface area (Å²) < 4.78 is 7.67. The molecule has 0 amide bonds. The molecule has 2 aliphatic rings. The largest absolute Gasteiger partial charge is 0.309 e. The van der Waals surface area contributed by atoms with Gasteiger partial charge in [0.1, 0.15) is 0 Å². The normalized spacial score (nSPS) is 13.7. The molecule has 0 fully saturated rings. The zero-order chi connectivity index (χ0) is 47.1. The third-order valence-corrected chi connectivity index (χ3v) is 17.5. The highest BCUT2D eigenvalue weighted by Crippen LogP contribution is 2.64. The van der Waals surface area contributed by atoms with Gasteiger partial charge in [0.05, 0.1) is 27.5 Å². The summed E-state index contributed by atoms with van der Waals surface area (Å²) in [6, 6.07) is 94.0. The van der Waals surface area contributed by atoms with E-state index in [0.717, 1.165) is 12.1 Å². The van der Waals surface area contributed by atoms with Crippen LogP contribution >= 0.6 is 11.3 Å². The third-order valence-electron chi connectivity index (χ3n) is 16.4. The van der Waals surface area contributed by atoms with Crippen LogP contribution < -0.4 is 0 Å². The van der Waals surface area contributed by atoms with Crippen molar-refractivity contribution in [1.29, 1.82) is 0 Å². The van der Waals surface area contributed by atoms with Gasteiger partial charge in [0.2, 0.25) is 0 Å². The number of nitrogens with zero attached hydrogens (tertiary/aromatic N) is 2. The van der Waals surface area contributed by atoms with Crippen LogP contribution in [-0.2, 0) is 11.8 Å². The lowest BCUT2D eigenvalue weighted by atomic mass is 9.70. The van der Waals surface area contributed by atoms with Gasteiger partial charge in [-0.2, -0.15) is 0 Å². The molecule has 0 radical (unpaired) electrons. The molecule has 1 atom stereocenters. The Morgan fingerprint density at radius 2 is 0.931 bits per heavy atom. The molecular weight excluding hydrogens is 889 g/mol. The minimum atomic E-state index is -0.444. The van der Waals surface area contributed by atoms with Gasteiger partial charge in [-0.3, -0.25) is 0 Å². The van der Waals surface area contributed by atoms with Gasteiger partial charge in [-0.1, -0.05) is 194 Å². The van der Waals surface area contributed by atoms with Gasteiger partial charge in [-0.15, -0.1) is 11.3 Å². The topological polar surface area (TPSA) is 9.86 Å². The number of para-hydroxylation sites is 4. The fourth-order valence-electron chi connectivity index (χ4n) is 13.5. The van der Waals surface area contributed by atoms with Gasteiger partial charge < -0.3 is 9.13 Å². The van der Waals surface area contributed by atoms with Gasteiger partial charge in [-0.25, -0.2) is 0 Å². The van der Waals surface area contributed by atoms with Crippen LogP contribution in [0.25, 0.3) is 97.4 Å². The highest BCUT2D eigenvalue weighted by molar-refractivity contribution is 7.25. The van der Waals surface area contributed by atoms with Crippen molar-refractivity contribution in [3.05, 3.63) is 288 Å². The van der Waals surface area contributed by atoms with Crippen LogP contribution in [0.2, 0.25) is 0 Å². The maximum Gasteiger partial charge on any atom is 0.0725 e. The Balaban J connectivity index is 0.987. The number of benzene rings is 11. The Bertz CT molecular complexity index is 4520. The summed E-state index contributed by atoms with van der Waals surface area (Å²) in [6.45, 7) is 0. The molecule has 0 saturated carbocycles. The van der Waals surface area contributed by atoms with Crippen LogP contribution in [-0.4, -0.2) is 9.13 Å². The van der Waals surface area contributed by atoms with E-state index >= 15 is 0 Å². The summed E-state index contributed by atoms with van der Waals surface area (Å²) in [5.74, 6) is -0.0259. The molecule has 72 heavy (non-hydrogen) atoms. The van der Waals surface area contributed by atoms with Crippen molar-refractivity contribution in [2.24, 2.45) is 0 Å². The Morgan fingerprint density at radius 1 is 0.361 bits per heavy atom. The van der Waals surface area contributed by atoms with Gasteiger partial charge in [0.25, 0.3) is 0 Å². The lowest BCUT2D eigenvalue weighted by molar-refractivity contribution is 0.783. The lowest BCUT2D eigenvalue weighted by Gasteiger charge is -2.31. The molecule has 11 aromatic carbocycles. The minimum absolute atomic E-state index is 0.0259. The molecule has 3 aromatic heterocycles. The zero-order valence-electron chi connectivity index (χ0n) is 39.3. The quantitative estimate of drug-likeness (QED) is 0.157. The van der Waals surface area contributed by atoms with Crippen molar-refractivity contribution in [2.75, 3.05) is 0 Å². The molecule has 14 aromatic rings. The fourth-order valence-corrected chi connectivity index (χ4v) is 14.6. The second-order valence-electron chi connectivity index (χ2n) is 19.8. The summed E-state index contributed by atoms with van der Waals surface area (Å²) in [7, 11) is 0. The highest BCUT2D eigenvalue weighted by atomic mass is 32.1. The molecule has 336 valence electrons. The van der Waals surface area contributed by atoms with E-state index < -0.39 is 5.41 Å². The molecule has 0 bridgehead atoms. The smallest absolute Gasteiger partial charge is 0.0725 e. The minimum Gasteiger partial charge on any atom is -0.309 e. The van der Waals surface area contributed by atoms with E-state index in [1.54, 1.807) is 0 Å². The zero-order valence-corrected chi connectivity index (χ0v) is 40.1. The summed E-state index contributed by atoms with van der Waals surface area (Å²) in [5.41, 5.74) is 21.6. The number of thiophene rings is 1. The monoisotopic (exact) mass is 932 g/mol. The standard InChI is InChI=1S/C69H44N2S/c1-2-19-45(20-3-1)70-62-33-13-7-23-49(62)51-38-36-43(41-64(51)70)56(53-27-17-32-61-67(53)55-26-6-12-31-60(55)69(61)58-29-10-4-21-47(58)48-22-5-11-30-59(48)69)40-44-18-16-28-54-50-24-8-14-34-63(50)71(68(44)54)46-37-39-66-57(42-46)52-25-9-15-35-65(52)72-66/h1-39,41-42,56H,40H2/t56-/m0/s1. The summed E-state index contributed by atoms with van der Waals surface area (Å²) in [4.78, 5) is 0. The fraction of sp³-hybridized carbons (Fsp3) is 0.0435. The Labute approximate surface area is 420 Å². The molecule has 2 nitrogen and oxygen atoms in total. The second kappa shape index (κ2) is 15.1. The van der Waals surface area contributed by atoms with E-state index in [1.165, 1.54) is 131 Å². The molecular formula is C69H44N2S. The van der Waals surface area contributed by atoms with Crippen molar-refractivity contribution in [3.8, 4) is 33.6 Å². The first-order valence-electron chi connectivity index (χ1n) is 25.2. The van der Waals surface area contributed by atoms with Crippen molar-refractivity contribution in [3.63, 3.8) is 0 Å². The number of hydrogen-bond acceptors (Lipinski definition) is 1. The van der Waals surface area contributed by atoms with Gasteiger partial charge in [-0.05, 0) is 122 Å². The van der Waals surface area contributed by atoms with E-state index in [0.29, 0.717) is 0 Å². The van der Waals surface area contributed by atoms with Crippen LogP contribution in [0.4, 0.5) is 0 Å². The van der Waals surface area contributed by atoms with Crippen LogP contribution in [0.15, 0.2) is 249 Å². The first-order chi connectivity index (χ1) is 35.7. The third kappa shape index (κ3) is 5.38. The van der Waals surface area contributed by atoms with E-state index in [9.17, 15) is 0 Å². The highest BCUT2D eigenvalue weighted by Gasteiger charge is 2.52. The van der Waals surface area contributed by atoms with Crippen LogP contribution in [0.3, 0.4) is 0 Å². The van der Waals surface area contributed by atoms with E-state index in [1.807, 2.05) is 11.3 Å². The van der Waals surface area contributed by atoms with Gasteiger partial charge in [0.15, 0.2) is 0 Å². The Kier molecular flexibility index (Phi) is 8.41. The van der Waals surface area contributed by atoms with Crippen LogP contribution in [0.1, 0.15) is 44.9 Å². The number of aromatic nitrogens is 2. The van der Waals surface area contributed by atoms with E-state index in [4.69, 9.17) is 0 Å². The lowest BCUT2D eigenvalue weighted by Crippen LogP contribution is -2.25. The SMILES string of the molecule is c1ccc(-n2c3ccccc3c3ccc([C@H](Cc4cccc5c6ccccc6n(-c6ccc7sc8ccccc8c7c6)c45)c4cccc5c4-c4ccccc4C54c5ccccc5-c5ccccc54)cc32)cc1. The molecule has 0 aliphatic heterocycles.